The molecule has 0 aliphatic carbocycles. The Balaban J connectivity index is 0.00000204. The van der Waals surface area contributed by atoms with Gasteiger partial charge in [0.25, 0.3) is 5.91 Å². The molecule has 0 spiro atoms. The van der Waals surface area contributed by atoms with E-state index in [1.165, 1.54) is 35.6 Å². The summed E-state index contributed by atoms with van der Waals surface area (Å²) in [6, 6.07) is 8.78. The highest BCUT2D eigenvalue weighted by molar-refractivity contribution is 7.13. The molecule has 3 heterocycles. The number of alkyl halides is 3. The van der Waals surface area contributed by atoms with Crippen LogP contribution in [0.1, 0.15) is 10.5 Å². The van der Waals surface area contributed by atoms with Gasteiger partial charge in [-0.25, -0.2) is 4.98 Å². The van der Waals surface area contributed by atoms with Gasteiger partial charge in [0.2, 0.25) is 0 Å². The zero-order valence-electron chi connectivity index (χ0n) is 17.5. The van der Waals surface area contributed by atoms with Crippen molar-refractivity contribution in [2.45, 2.75) is 12.4 Å². The summed E-state index contributed by atoms with van der Waals surface area (Å²) in [7, 11) is 0. The molecule has 1 aliphatic heterocycles. The van der Waals surface area contributed by atoms with Crippen LogP contribution < -0.4 is 14.8 Å². The van der Waals surface area contributed by atoms with E-state index in [-0.39, 0.29) is 48.2 Å². The molecule has 1 amide bonds. The fraction of sp³-hybridized carbons (Fsp3) is 0.286. The summed E-state index contributed by atoms with van der Waals surface area (Å²) in [4.78, 5) is 23.3. The summed E-state index contributed by atoms with van der Waals surface area (Å²) in [5, 5.41) is 5.44. The molecule has 1 aromatic carbocycles. The van der Waals surface area contributed by atoms with E-state index in [1.54, 1.807) is 34.8 Å². The SMILES string of the molecule is Cl.Cl.O=C(c1csc(-c2ccc(OC(F)(F)F)cc2)n1)N1CCNCC1COc1cccnc1. The molecular weight excluding hydrogens is 516 g/mol. The van der Waals surface area contributed by atoms with Gasteiger partial charge in [-0.2, -0.15) is 0 Å². The second-order valence-electron chi connectivity index (χ2n) is 6.97. The van der Waals surface area contributed by atoms with Gasteiger partial charge in [-0.15, -0.1) is 49.3 Å². The molecular formula is C21H21Cl2F3N4O3S. The monoisotopic (exact) mass is 536 g/mol. The summed E-state index contributed by atoms with van der Waals surface area (Å²) >= 11 is 1.25. The number of pyridine rings is 1. The number of thiazole rings is 1. The fourth-order valence-electron chi connectivity index (χ4n) is 3.25. The predicted octanol–water partition coefficient (Wildman–Crippen LogP) is 4.44. The van der Waals surface area contributed by atoms with E-state index in [9.17, 15) is 18.0 Å². The number of piperazine rings is 1. The minimum absolute atomic E-state index is 0. The molecule has 7 nitrogen and oxygen atoms in total. The molecule has 184 valence electrons. The molecule has 1 fully saturated rings. The van der Waals surface area contributed by atoms with Crippen molar-refractivity contribution >= 4 is 42.1 Å². The summed E-state index contributed by atoms with van der Waals surface area (Å²) in [6.07, 6.45) is -1.48. The normalized spacial score (nSPS) is 15.6. The zero-order valence-corrected chi connectivity index (χ0v) is 20.0. The first-order valence-electron chi connectivity index (χ1n) is 9.75. The van der Waals surface area contributed by atoms with Gasteiger partial charge >= 0.3 is 6.36 Å². The number of carbonyl (C=O) groups is 1. The number of rotatable bonds is 6. The molecule has 0 radical (unpaired) electrons. The van der Waals surface area contributed by atoms with Gasteiger partial charge in [0, 0.05) is 36.8 Å². The Morgan fingerprint density at radius 3 is 2.62 bits per heavy atom. The first-order chi connectivity index (χ1) is 15.4. The van der Waals surface area contributed by atoms with Crippen molar-refractivity contribution in [1.82, 2.24) is 20.2 Å². The second-order valence-corrected chi connectivity index (χ2v) is 7.82. The summed E-state index contributed by atoms with van der Waals surface area (Å²) in [6.45, 7) is 2.06. The Bertz CT molecular complexity index is 1060. The van der Waals surface area contributed by atoms with Crippen molar-refractivity contribution < 1.29 is 27.4 Å². The largest absolute Gasteiger partial charge is 0.573 e. The van der Waals surface area contributed by atoms with E-state index in [2.05, 4.69) is 20.0 Å². The smallest absolute Gasteiger partial charge is 0.490 e. The van der Waals surface area contributed by atoms with Gasteiger partial charge in [0.15, 0.2) is 0 Å². The Labute approximate surface area is 210 Å². The molecule has 34 heavy (non-hydrogen) atoms. The Morgan fingerprint density at radius 2 is 1.94 bits per heavy atom. The van der Waals surface area contributed by atoms with E-state index in [0.717, 1.165) is 0 Å². The first-order valence-corrected chi connectivity index (χ1v) is 10.6. The van der Waals surface area contributed by atoms with Crippen molar-refractivity contribution in [2.75, 3.05) is 26.2 Å². The molecule has 13 heteroatoms. The second kappa shape index (κ2) is 12.2. The number of benzene rings is 1. The van der Waals surface area contributed by atoms with Gasteiger partial charge in [-0.1, -0.05) is 0 Å². The van der Waals surface area contributed by atoms with E-state index in [1.807, 2.05) is 0 Å². The number of nitrogens with one attached hydrogen (secondary N) is 1. The molecule has 4 rings (SSSR count). The average molecular weight is 537 g/mol. The van der Waals surface area contributed by atoms with E-state index in [4.69, 9.17) is 4.74 Å². The van der Waals surface area contributed by atoms with Gasteiger partial charge in [-0.05, 0) is 36.4 Å². The van der Waals surface area contributed by atoms with Gasteiger partial charge in [0.05, 0.1) is 12.2 Å². The number of hydrogen-bond donors (Lipinski definition) is 1. The van der Waals surface area contributed by atoms with Crippen molar-refractivity contribution in [3.8, 4) is 22.1 Å². The van der Waals surface area contributed by atoms with Crippen molar-refractivity contribution in [1.29, 1.82) is 0 Å². The van der Waals surface area contributed by atoms with Crippen LogP contribution in [-0.4, -0.2) is 59.4 Å². The van der Waals surface area contributed by atoms with Crippen molar-refractivity contribution in [2.24, 2.45) is 0 Å². The quantitative estimate of drug-likeness (QED) is 0.501. The fourth-order valence-corrected chi connectivity index (χ4v) is 4.05. The van der Waals surface area contributed by atoms with Crippen LogP contribution >= 0.6 is 36.2 Å². The lowest BCUT2D eigenvalue weighted by atomic mass is 10.2. The Kier molecular flexibility index (Phi) is 9.92. The molecule has 2 aromatic heterocycles. The van der Waals surface area contributed by atoms with Crippen LogP contribution in [0.3, 0.4) is 0 Å². The van der Waals surface area contributed by atoms with Crippen LogP contribution in [0.15, 0.2) is 54.2 Å². The van der Waals surface area contributed by atoms with Crippen LogP contribution in [0.5, 0.6) is 11.5 Å². The molecule has 0 saturated carbocycles. The molecule has 1 N–H and O–H groups in total. The van der Waals surface area contributed by atoms with Crippen LogP contribution in [-0.2, 0) is 0 Å². The first kappa shape index (κ1) is 27.6. The van der Waals surface area contributed by atoms with E-state index >= 15 is 0 Å². The van der Waals surface area contributed by atoms with Crippen LogP contribution in [0.25, 0.3) is 10.6 Å². The summed E-state index contributed by atoms with van der Waals surface area (Å²) < 4.78 is 46.6. The zero-order chi connectivity index (χ0) is 22.6. The molecule has 1 atom stereocenters. The molecule has 0 bridgehead atoms. The molecule has 3 aromatic rings. The maximum absolute atomic E-state index is 13.1. The third-order valence-electron chi connectivity index (χ3n) is 4.75. The Hall–Kier alpha value is -2.60. The number of nitrogens with zero attached hydrogens (tertiary/aromatic N) is 3. The van der Waals surface area contributed by atoms with Crippen LogP contribution in [0.2, 0.25) is 0 Å². The highest BCUT2D eigenvalue weighted by atomic mass is 35.5. The van der Waals surface area contributed by atoms with E-state index in [0.29, 0.717) is 42.6 Å². The topological polar surface area (TPSA) is 76.6 Å². The minimum atomic E-state index is -4.75. The summed E-state index contributed by atoms with van der Waals surface area (Å²) in [5.74, 6) is 0.0940. The Morgan fingerprint density at radius 1 is 1.18 bits per heavy atom. The maximum atomic E-state index is 13.1. The molecule has 1 aliphatic rings. The number of amides is 1. The lowest BCUT2D eigenvalue weighted by Crippen LogP contribution is -2.56. The van der Waals surface area contributed by atoms with Gasteiger partial charge < -0.3 is 19.7 Å². The molecule has 1 unspecified atom stereocenters. The molecule has 1 saturated heterocycles. The number of hydrogen-bond acceptors (Lipinski definition) is 7. The third kappa shape index (κ3) is 7.20. The van der Waals surface area contributed by atoms with Crippen molar-refractivity contribution in [3.63, 3.8) is 0 Å². The van der Waals surface area contributed by atoms with Gasteiger partial charge in [0.1, 0.15) is 28.8 Å². The highest BCUT2D eigenvalue weighted by Crippen LogP contribution is 2.29. The average Bonchev–Trinajstić information content (AvgIpc) is 3.28. The lowest BCUT2D eigenvalue weighted by molar-refractivity contribution is -0.274. The lowest BCUT2D eigenvalue weighted by Gasteiger charge is -2.35. The predicted molar refractivity (Wildman–Crippen MR) is 126 cm³/mol. The number of halogens is 5. The van der Waals surface area contributed by atoms with Crippen LogP contribution in [0, 0.1) is 0 Å². The number of aromatic nitrogens is 2. The minimum Gasteiger partial charge on any atom is -0.490 e. The number of carbonyl (C=O) groups excluding carboxylic acids is 1. The van der Waals surface area contributed by atoms with Crippen LogP contribution in [0.4, 0.5) is 13.2 Å². The highest BCUT2D eigenvalue weighted by Gasteiger charge is 2.31. The van der Waals surface area contributed by atoms with Gasteiger partial charge in [-0.3, -0.25) is 9.78 Å². The third-order valence-corrected chi connectivity index (χ3v) is 5.64. The van der Waals surface area contributed by atoms with Crippen molar-refractivity contribution in [3.05, 3.63) is 59.9 Å². The summed E-state index contributed by atoms with van der Waals surface area (Å²) in [5.41, 5.74) is 0.884. The standard InChI is InChI=1S/C21H19F3N4O3S.2ClH/c22-21(23,24)31-16-5-3-14(4-6-16)19-27-18(13-32-19)20(29)28-9-8-26-10-15(28)12-30-17-2-1-7-25-11-17;;/h1-7,11,13,15,26H,8-10,12H2;2*1H. The maximum Gasteiger partial charge on any atom is 0.573 e. The number of ether oxygens (including phenoxy) is 2. The van der Waals surface area contributed by atoms with E-state index < -0.39 is 6.36 Å².